The molecule has 0 aromatic heterocycles. The highest BCUT2D eigenvalue weighted by Gasteiger charge is 2.66. The number of fused-ring (bicyclic) bond motifs is 3. The normalized spacial score (nSPS) is 33.6. The van der Waals surface area contributed by atoms with Crippen molar-refractivity contribution in [3.63, 3.8) is 0 Å². The van der Waals surface area contributed by atoms with Gasteiger partial charge in [0.2, 0.25) is 5.78 Å². The Bertz CT molecular complexity index is 1150. The quantitative estimate of drug-likeness (QED) is 0.321. The summed E-state index contributed by atoms with van der Waals surface area (Å²) in [5, 5.41) is 47.5. The zero-order valence-electron chi connectivity index (χ0n) is 18.7. The Morgan fingerprint density at radius 2 is 1.85 bits per heavy atom. The van der Waals surface area contributed by atoms with Crippen molar-refractivity contribution in [1.29, 1.82) is 0 Å². The number of rotatable bonds is 3. The van der Waals surface area contributed by atoms with E-state index in [1.165, 1.54) is 18.0 Å². The van der Waals surface area contributed by atoms with Gasteiger partial charge < -0.3 is 31.5 Å². The Balaban J connectivity index is 2.10. The second-order valence-electron chi connectivity index (χ2n) is 9.07. The van der Waals surface area contributed by atoms with Crippen LogP contribution in [0, 0.1) is 11.8 Å². The Labute approximate surface area is 190 Å². The van der Waals surface area contributed by atoms with Gasteiger partial charge in [-0.25, -0.2) is 0 Å². The first kappa shape index (κ1) is 23.0. The van der Waals surface area contributed by atoms with Crippen molar-refractivity contribution in [2.45, 2.75) is 30.6 Å². The van der Waals surface area contributed by atoms with Crippen LogP contribution >= 0.6 is 0 Å². The largest absolute Gasteiger partial charge is 0.510 e. The van der Waals surface area contributed by atoms with Crippen molar-refractivity contribution in [1.82, 2.24) is 10.2 Å². The summed E-state index contributed by atoms with van der Waals surface area (Å²) in [6.45, 7) is 1.77. The van der Waals surface area contributed by atoms with Crippen LogP contribution in [0.1, 0.15) is 28.8 Å². The average molecular weight is 457 g/mol. The number of likely N-dealkylation sites (N-methyl/N-ethyl adjacent to an activating group) is 2. The first-order valence-corrected chi connectivity index (χ1v) is 10.5. The lowest BCUT2D eigenvalue weighted by atomic mass is 9.54. The average Bonchev–Trinajstić information content (AvgIpc) is 2.73. The minimum atomic E-state index is -2.55. The van der Waals surface area contributed by atoms with Gasteiger partial charge in [-0.2, -0.15) is 0 Å². The minimum Gasteiger partial charge on any atom is -0.510 e. The van der Waals surface area contributed by atoms with Crippen LogP contribution in [0.3, 0.4) is 0 Å². The highest BCUT2D eigenvalue weighted by Crippen LogP contribution is 2.55. The molecule has 0 fully saturated rings. The van der Waals surface area contributed by atoms with Gasteiger partial charge in [-0.05, 0) is 31.6 Å². The van der Waals surface area contributed by atoms with E-state index in [-0.39, 0.29) is 22.6 Å². The summed E-state index contributed by atoms with van der Waals surface area (Å²) in [6.07, 6.45) is -1.47. The van der Waals surface area contributed by atoms with Gasteiger partial charge in [-0.15, -0.1) is 0 Å². The Morgan fingerprint density at radius 3 is 2.39 bits per heavy atom. The van der Waals surface area contributed by atoms with E-state index in [1.807, 2.05) is 0 Å². The zero-order chi connectivity index (χ0) is 24.6. The highest BCUT2D eigenvalue weighted by atomic mass is 16.3. The zero-order valence-corrected chi connectivity index (χ0v) is 18.7. The maximum atomic E-state index is 13.6. The number of aliphatic hydroxyl groups excluding tert-OH is 2. The number of hydrogen-bond donors (Lipinski definition) is 6. The lowest BCUT2D eigenvalue weighted by molar-refractivity contribution is -0.156. The number of hydrogen-bond acceptors (Lipinski definition) is 9. The highest BCUT2D eigenvalue weighted by molar-refractivity contribution is 6.25. The van der Waals surface area contributed by atoms with Crippen LogP contribution in [-0.2, 0) is 9.59 Å². The molecular formula is C23H27N3O7. The van der Waals surface area contributed by atoms with Gasteiger partial charge in [0.05, 0.1) is 29.3 Å². The molecule has 176 valence electrons. The molecule has 0 spiro atoms. The lowest BCUT2D eigenvalue weighted by Crippen LogP contribution is -2.69. The molecule has 3 aliphatic rings. The third-order valence-electron chi connectivity index (χ3n) is 7.28. The number of primary amides is 1. The molecule has 3 aliphatic carbocycles. The molecule has 6 atom stereocenters. The molecule has 1 aromatic rings. The Hall–Kier alpha value is -3.21. The molecule has 10 nitrogen and oxygen atoms in total. The predicted molar refractivity (Wildman–Crippen MR) is 116 cm³/mol. The topological polar surface area (TPSA) is 173 Å². The van der Waals surface area contributed by atoms with Crippen LogP contribution in [0.15, 0.2) is 40.8 Å². The molecule has 33 heavy (non-hydrogen) atoms. The predicted octanol–water partition coefficient (Wildman–Crippen LogP) is -0.686. The van der Waals surface area contributed by atoms with Gasteiger partial charge in [-0.3, -0.25) is 19.3 Å². The molecule has 1 amide bonds. The minimum absolute atomic E-state index is 0.0270. The van der Waals surface area contributed by atoms with Gasteiger partial charge in [-0.1, -0.05) is 19.1 Å². The van der Waals surface area contributed by atoms with Crippen molar-refractivity contribution in [2.75, 3.05) is 21.1 Å². The first-order valence-electron chi connectivity index (χ1n) is 10.5. The number of benzene rings is 1. The lowest BCUT2D eigenvalue weighted by Gasteiger charge is -2.54. The maximum absolute atomic E-state index is 13.6. The monoisotopic (exact) mass is 457 g/mol. The SMILES string of the molecule is CNC1=C2C(=O)c3c(O)cccc3[C@H](C)C2[C@H](O)C2[C@H](N(C)C)C(O)=C(C(N)=O)C(=O)[C@@]12O. The fourth-order valence-corrected chi connectivity index (χ4v) is 5.94. The van der Waals surface area contributed by atoms with Gasteiger partial charge in [0.25, 0.3) is 5.91 Å². The third kappa shape index (κ3) is 2.74. The van der Waals surface area contributed by atoms with E-state index in [9.17, 15) is 34.8 Å². The summed E-state index contributed by atoms with van der Waals surface area (Å²) in [4.78, 5) is 40.6. The number of phenolic OH excluding ortho intramolecular Hbond substituents is 1. The van der Waals surface area contributed by atoms with E-state index in [2.05, 4.69) is 5.32 Å². The molecule has 7 N–H and O–H groups in total. The fourth-order valence-electron chi connectivity index (χ4n) is 5.94. The smallest absolute Gasteiger partial charge is 0.255 e. The van der Waals surface area contributed by atoms with Crippen LogP contribution in [-0.4, -0.2) is 81.7 Å². The molecule has 0 aliphatic heterocycles. The number of carbonyl (C=O) groups excluding carboxylic acids is 3. The van der Waals surface area contributed by atoms with E-state index >= 15 is 0 Å². The van der Waals surface area contributed by atoms with Gasteiger partial charge in [0.1, 0.15) is 17.1 Å². The van der Waals surface area contributed by atoms with Crippen LogP contribution in [0.5, 0.6) is 5.75 Å². The number of ketones is 2. The molecule has 2 unspecified atom stereocenters. The second kappa shape index (κ2) is 7.41. The van der Waals surface area contributed by atoms with Crippen molar-refractivity contribution >= 4 is 17.5 Å². The molecule has 0 bridgehead atoms. The van der Waals surface area contributed by atoms with E-state index < -0.39 is 64.3 Å². The van der Waals surface area contributed by atoms with Crippen molar-refractivity contribution in [3.8, 4) is 5.75 Å². The summed E-state index contributed by atoms with van der Waals surface area (Å²) < 4.78 is 0. The van der Waals surface area contributed by atoms with Crippen LogP contribution < -0.4 is 11.1 Å². The molecular weight excluding hydrogens is 430 g/mol. The number of aromatic hydroxyl groups is 1. The number of nitrogens with one attached hydrogen (secondary N) is 1. The summed E-state index contributed by atoms with van der Waals surface area (Å²) in [6, 6.07) is 3.49. The van der Waals surface area contributed by atoms with E-state index in [1.54, 1.807) is 33.2 Å². The number of amides is 1. The fraction of sp³-hybridized carbons (Fsp3) is 0.435. The number of Topliss-reactive ketones (excluding diaryl/α,β-unsaturated/α-hetero) is 2. The molecule has 0 saturated carbocycles. The van der Waals surface area contributed by atoms with Crippen LogP contribution in [0.4, 0.5) is 0 Å². The maximum Gasteiger partial charge on any atom is 0.255 e. The van der Waals surface area contributed by atoms with Crippen molar-refractivity contribution < 1.29 is 34.8 Å². The number of aliphatic hydroxyl groups is 3. The van der Waals surface area contributed by atoms with E-state index in [0.29, 0.717) is 5.56 Å². The third-order valence-corrected chi connectivity index (χ3v) is 7.28. The Kier molecular flexibility index (Phi) is 5.15. The van der Waals surface area contributed by atoms with Crippen molar-refractivity contribution in [2.24, 2.45) is 17.6 Å². The van der Waals surface area contributed by atoms with Gasteiger partial charge >= 0.3 is 0 Å². The summed E-state index contributed by atoms with van der Waals surface area (Å²) in [5.41, 5.74) is 2.34. The van der Waals surface area contributed by atoms with Crippen molar-refractivity contribution in [3.05, 3.63) is 51.9 Å². The molecule has 10 heteroatoms. The van der Waals surface area contributed by atoms with E-state index in [4.69, 9.17) is 5.73 Å². The standard InChI is InChI=1S/C23H27N3O7/c1-8-9-6-5-7-10(27)12(9)17(28)13-11(8)18(29)15-16(26(3)4)19(30)14(22(24)32)21(31)23(15,33)20(13)25-2/h5-8,11,15-16,18,25,27,29-30,33H,1-4H3,(H2,24,32)/t8-,11?,15?,16-,18-,23-/m0/s1. The summed E-state index contributed by atoms with van der Waals surface area (Å²) >= 11 is 0. The number of nitrogens with two attached hydrogens (primary N) is 1. The van der Waals surface area contributed by atoms with E-state index in [0.717, 1.165) is 0 Å². The van der Waals surface area contributed by atoms with Crippen LogP contribution in [0.2, 0.25) is 0 Å². The Morgan fingerprint density at radius 1 is 1.21 bits per heavy atom. The number of nitrogens with zero attached hydrogens (tertiary/aromatic N) is 1. The molecule has 0 radical (unpaired) electrons. The molecule has 1 aromatic carbocycles. The summed E-state index contributed by atoms with van der Waals surface area (Å²) in [5.74, 6) is -6.65. The summed E-state index contributed by atoms with van der Waals surface area (Å²) in [7, 11) is 4.53. The van der Waals surface area contributed by atoms with Gasteiger partial charge in [0, 0.05) is 18.5 Å². The molecule has 0 heterocycles. The number of carbonyl (C=O) groups is 3. The second-order valence-corrected chi connectivity index (χ2v) is 9.07. The molecule has 0 saturated heterocycles. The van der Waals surface area contributed by atoms with Crippen LogP contribution in [0.25, 0.3) is 0 Å². The van der Waals surface area contributed by atoms with Gasteiger partial charge in [0.15, 0.2) is 11.4 Å². The first-order chi connectivity index (χ1) is 15.4. The number of phenols is 1. The molecule has 4 rings (SSSR count).